The van der Waals surface area contributed by atoms with Crippen LogP contribution in [0.3, 0.4) is 0 Å². The van der Waals surface area contributed by atoms with Gasteiger partial charge in [0, 0.05) is 24.5 Å². The van der Waals surface area contributed by atoms with E-state index >= 15 is 0 Å². The molecule has 1 N–H and O–H groups in total. The average molecular weight is 249 g/mol. The minimum absolute atomic E-state index is 0.164. The number of carbonyl (C=O) groups is 1. The Morgan fingerprint density at radius 3 is 3.06 bits per heavy atom. The van der Waals surface area contributed by atoms with Crippen molar-refractivity contribution in [3.05, 3.63) is 24.2 Å². The highest BCUT2D eigenvalue weighted by Crippen LogP contribution is 2.43. The fourth-order valence-corrected chi connectivity index (χ4v) is 3.81. The van der Waals surface area contributed by atoms with Crippen LogP contribution in [0.5, 0.6) is 0 Å². The van der Waals surface area contributed by atoms with Crippen LogP contribution in [0.1, 0.15) is 31.9 Å². The number of rotatable bonds is 4. The highest BCUT2D eigenvalue weighted by molar-refractivity contribution is 5.71. The maximum atomic E-state index is 11.2. The lowest BCUT2D eigenvalue weighted by molar-refractivity contribution is -0.142. The van der Waals surface area contributed by atoms with Gasteiger partial charge in [0.05, 0.1) is 12.2 Å². The van der Waals surface area contributed by atoms with Crippen molar-refractivity contribution in [2.75, 3.05) is 0 Å². The molecular formula is C14H19NO3. The third kappa shape index (κ3) is 1.85. The van der Waals surface area contributed by atoms with Gasteiger partial charge >= 0.3 is 5.97 Å². The molecule has 2 aliphatic rings. The summed E-state index contributed by atoms with van der Waals surface area (Å²) in [4.78, 5) is 13.6. The lowest BCUT2D eigenvalue weighted by atomic mass is 9.89. The van der Waals surface area contributed by atoms with Gasteiger partial charge in [0.2, 0.25) is 0 Å². The van der Waals surface area contributed by atoms with Crippen LogP contribution in [0.25, 0.3) is 0 Å². The first-order chi connectivity index (χ1) is 8.66. The number of aliphatic carboxylic acids is 1. The van der Waals surface area contributed by atoms with Gasteiger partial charge in [-0.15, -0.1) is 0 Å². The Hall–Kier alpha value is -1.29. The first-order valence-electron chi connectivity index (χ1n) is 6.69. The number of carboxylic acid groups (broad SMARTS) is 1. The molecular weight excluding hydrogens is 230 g/mol. The van der Waals surface area contributed by atoms with Crippen LogP contribution in [0.2, 0.25) is 0 Å². The Morgan fingerprint density at radius 1 is 1.61 bits per heavy atom. The maximum Gasteiger partial charge on any atom is 0.308 e. The van der Waals surface area contributed by atoms with Gasteiger partial charge < -0.3 is 9.52 Å². The van der Waals surface area contributed by atoms with E-state index in [1.165, 1.54) is 0 Å². The molecule has 2 fully saturated rings. The quantitative estimate of drug-likeness (QED) is 0.888. The lowest BCUT2D eigenvalue weighted by Gasteiger charge is -2.29. The van der Waals surface area contributed by atoms with Gasteiger partial charge in [-0.05, 0) is 38.3 Å². The average Bonchev–Trinajstić information content (AvgIpc) is 3.02. The summed E-state index contributed by atoms with van der Waals surface area (Å²) < 4.78 is 5.39. The summed E-state index contributed by atoms with van der Waals surface area (Å²) in [5, 5.41) is 9.25. The summed E-state index contributed by atoms with van der Waals surface area (Å²) in [6, 6.07) is 4.95. The number of nitrogens with zero attached hydrogens (tertiary/aromatic N) is 1. The zero-order valence-electron chi connectivity index (χ0n) is 10.6. The molecule has 4 unspecified atom stereocenters. The molecule has 0 spiro atoms. The molecule has 4 nitrogen and oxygen atoms in total. The number of fused-ring (bicyclic) bond motifs is 2. The Morgan fingerprint density at radius 2 is 2.44 bits per heavy atom. The largest absolute Gasteiger partial charge is 0.481 e. The van der Waals surface area contributed by atoms with E-state index in [0.29, 0.717) is 12.1 Å². The molecule has 1 aromatic heterocycles. The SMILES string of the molecule is CC(Cc1ccco1)N1C2CCC1C(C(=O)O)C2. The van der Waals surface area contributed by atoms with Gasteiger partial charge in [-0.25, -0.2) is 0 Å². The molecule has 0 radical (unpaired) electrons. The second-order valence-corrected chi connectivity index (χ2v) is 5.56. The second kappa shape index (κ2) is 4.43. The standard InChI is InChI=1S/C14H19NO3/c1-9(7-11-3-2-6-18-11)15-10-4-5-13(15)12(8-10)14(16)17/h2-3,6,9-10,12-13H,4-5,7-8H2,1H3,(H,16,17). The monoisotopic (exact) mass is 249 g/mol. The normalized spacial score (nSPS) is 32.8. The van der Waals surface area contributed by atoms with Crippen LogP contribution < -0.4 is 0 Å². The summed E-state index contributed by atoms with van der Waals surface area (Å²) in [5.41, 5.74) is 0. The van der Waals surface area contributed by atoms with Crippen LogP contribution in [0, 0.1) is 5.92 Å². The van der Waals surface area contributed by atoms with E-state index in [1.807, 2.05) is 12.1 Å². The molecule has 4 atom stereocenters. The molecule has 98 valence electrons. The van der Waals surface area contributed by atoms with Crippen molar-refractivity contribution >= 4 is 5.97 Å². The van der Waals surface area contributed by atoms with Crippen molar-refractivity contribution in [2.45, 2.75) is 50.7 Å². The predicted molar refractivity (Wildman–Crippen MR) is 66.3 cm³/mol. The van der Waals surface area contributed by atoms with E-state index < -0.39 is 5.97 Å². The molecule has 2 saturated heterocycles. The number of hydrogen-bond donors (Lipinski definition) is 1. The summed E-state index contributed by atoms with van der Waals surface area (Å²) in [7, 11) is 0. The van der Waals surface area contributed by atoms with E-state index in [1.54, 1.807) is 6.26 Å². The molecule has 0 aliphatic carbocycles. The molecule has 18 heavy (non-hydrogen) atoms. The van der Waals surface area contributed by atoms with E-state index in [0.717, 1.165) is 31.4 Å². The van der Waals surface area contributed by atoms with Crippen molar-refractivity contribution in [1.82, 2.24) is 4.90 Å². The zero-order valence-corrected chi connectivity index (χ0v) is 10.6. The highest BCUT2D eigenvalue weighted by atomic mass is 16.4. The predicted octanol–water partition coefficient (Wildman–Crippen LogP) is 2.15. The molecule has 0 saturated carbocycles. The smallest absolute Gasteiger partial charge is 0.308 e. The zero-order chi connectivity index (χ0) is 12.7. The number of furan rings is 1. The van der Waals surface area contributed by atoms with E-state index in [4.69, 9.17) is 4.42 Å². The minimum atomic E-state index is -0.627. The van der Waals surface area contributed by atoms with Crippen LogP contribution in [-0.4, -0.2) is 34.1 Å². The van der Waals surface area contributed by atoms with E-state index in [-0.39, 0.29) is 12.0 Å². The third-order valence-corrected chi connectivity index (χ3v) is 4.49. The van der Waals surface area contributed by atoms with Crippen molar-refractivity contribution in [2.24, 2.45) is 5.92 Å². The first kappa shape index (κ1) is 11.8. The molecule has 3 heterocycles. The summed E-state index contributed by atoms with van der Waals surface area (Å²) in [5.74, 6) is 0.195. The van der Waals surface area contributed by atoms with Gasteiger partial charge in [0.1, 0.15) is 5.76 Å². The van der Waals surface area contributed by atoms with E-state index in [9.17, 15) is 9.90 Å². The number of carboxylic acids is 1. The molecule has 2 bridgehead atoms. The van der Waals surface area contributed by atoms with E-state index in [2.05, 4.69) is 11.8 Å². The van der Waals surface area contributed by atoms with Crippen molar-refractivity contribution in [3.63, 3.8) is 0 Å². The topological polar surface area (TPSA) is 53.7 Å². The highest BCUT2D eigenvalue weighted by Gasteiger charge is 2.50. The Kier molecular flexibility index (Phi) is 2.90. The summed E-state index contributed by atoms with van der Waals surface area (Å²) >= 11 is 0. The Bertz CT molecular complexity index is 428. The minimum Gasteiger partial charge on any atom is -0.481 e. The van der Waals surface area contributed by atoms with Crippen LogP contribution >= 0.6 is 0 Å². The fraction of sp³-hybridized carbons (Fsp3) is 0.643. The van der Waals surface area contributed by atoms with Crippen LogP contribution in [0.15, 0.2) is 22.8 Å². The molecule has 0 amide bonds. The van der Waals surface area contributed by atoms with Gasteiger partial charge in [-0.2, -0.15) is 0 Å². The molecule has 2 aliphatic heterocycles. The van der Waals surface area contributed by atoms with Crippen molar-refractivity contribution < 1.29 is 14.3 Å². The fourth-order valence-electron chi connectivity index (χ4n) is 3.81. The number of hydrogen-bond acceptors (Lipinski definition) is 3. The molecule has 0 aromatic carbocycles. The van der Waals surface area contributed by atoms with Gasteiger partial charge in [-0.1, -0.05) is 0 Å². The van der Waals surface area contributed by atoms with Gasteiger partial charge in [0.25, 0.3) is 0 Å². The third-order valence-electron chi connectivity index (χ3n) is 4.49. The van der Waals surface area contributed by atoms with Gasteiger partial charge in [0.15, 0.2) is 0 Å². The molecule has 4 heteroatoms. The maximum absolute atomic E-state index is 11.2. The second-order valence-electron chi connectivity index (χ2n) is 5.56. The Labute approximate surface area is 107 Å². The van der Waals surface area contributed by atoms with Crippen LogP contribution in [-0.2, 0) is 11.2 Å². The van der Waals surface area contributed by atoms with Gasteiger partial charge in [-0.3, -0.25) is 9.69 Å². The lowest BCUT2D eigenvalue weighted by Crippen LogP contribution is -2.40. The molecule has 1 aromatic rings. The summed E-state index contributed by atoms with van der Waals surface area (Å²) in [6.45, 7) is 2.18. The first-order valence-corrected chi connectivity index (χ1v) is 6.69. The molecule has 3 rings (SSSR count). The van der Waals surface area contributed by atoms with Crippen LogP contribution in [0.4, 0.5) is 0 Å². The Balaban J connectivity index is 1.71. The summed E-state index contributed by atoms with van der Waals surface area (Å²) in [6.07, 6.45) is 5.57. The van der Waals surface area contributed by atoms with Crippen molar-refractivity contribution in [3.8, 4) is 0 Å². The van der Waals surface area contributed by atoms with Crippen molar-refractivity contribution in [1.29, 1.82) is 0 Å².